The van der Waals surface area contributed by atoms with Gasteiger partial charge in [-0.3, -0.25) is 4.90 Å². The highest BCUT2D eigenvalue weighted by atomic mass is 16.5. The lowest BCUT2D eigenvalue weighted by Crippen LogP contribution is -2.54. The Balaban J connectivity index is 2.51. The first-order valence-corrected chi connectivity index (χ1v) is 6.20. The fourth-order valence-electron chi connectivity index (χ4n) is 2.18. The van der Waals surface area contributed by atoms with Crippen LogP contribution in [-0.2, 0) is 4.74 Å². The Bertz CT molecular complexity index is 294. The Kier molecular flexibility index (Phi) is 4.54. The molecule has 0 amide bonds. The molecule has 1 aliphatic heterocycles. The van der Waals surface area contributed by atoms with E-state index in [1.165, 1.54) is 0 Å². The van der Waals surface area contributed by atoms with Crippen molar-refractivity contribution in [2.24, 2.45) is 5.41 Å². The Morgan fingerprint density at radius 2 is 2.18 bits per heavy atom. The molecular formula is C13H24N2O2. The summed E-state index contributed by atoms with van der Waals surface area (Å²) < 4.78 is 5.75. The molecule has 1 fully saturated rings. The van der Waals surface area contributed by atoms with E-state index < -0.39 is 0 Å². The third kappa shape index (κ3) is 4.63. The first kappa shape index (κ1) is 14.4. The Labute approximate surface area is 104 Å². The van der Waals surface area contributed by atoms with E-state index in [0.29, 0.717) is 0 Å². The SMILES string of the molecule is CC(C)(C#N)CCN1CC(CO)OC(C)(C)C1. The quantitative estimate of drug-likeness (QED) is 0.807. The number of aliphatic hydroxyl groups excluding tert-OH is 1. The van der Waals surface area contributed by atoms with Gasteiger partial charge in [0.25, 0.3) is 0 Å². The molecule has 0 radical (unpaired) electrons. The van der Waals surface area contributed by atoms with Crippen molar-refractivity contribution in [1.29, 1.82) is 5.26 Å². The fourth-order valence-corrected chi connectivity index (χ4v) is 2.18. The van der Waals surface area contributed by atoms with Crippen molar-refractivity contribution in [3.8, 4) is 6.07 Å². The highest BCUT2D eigenvalue weighted by Crippen LogP contribution is 2.24. The van der Waals surface area contributed by atoms with Crippen molar-refractivity contribution < 1.29 is 9.84 Å². The van der Waals surface area contributed by atoms with Gasteiger partial charge in [0.2, 0.25) is 0 Å². The zero-order valence-corrected chi connectivity index (χ0v) is 11.4. The molecule has 0 saturated carbocycles. The molecule has 1 unspecified atom stereocenters. The van der Waals surface area contributed by atoms with Gasteiger partial charge < -0.3 is 9.84 Å². The molecular weight excluding hydrogens is 216 g/mol. The van der Waals surface area contributed by atoms with E-state index in [1.54, 1.807) is 0 Å². The number of ether oxygens (including phenoxy) is 1. The van der Waals surface area contributed by atoms with E-state index in [0.717, 1.165) is 26.1 Å². The summed E-state index contributed by atoms with van der Waals surface area (Å²) in [5.41, 5.74) is -0.500. The summed E-state index contributed by atoms with van der Waals surface area (Å²) in [5.74, 6) is 0. The van der Waals surface area contributed by atoms with Crippen LogP contribution in [0.15, 0.2) is 0 Å². The largest absolute Gasteiger partial charge is 0.394 e. The standard InChI is InChI=1S/C13H24N2O2/c1-12(2,9-14)5-6-15-7-11(8-16)17-13(3,4)10-15/h11,16H,5-8,10H2,1-4H3. The number of morpholine rings is 1. The second-order valence-corrected chi connectivity index (χ2v) is 6.16. The zero-order chi connectivity index (χ0) is 13.1. The maximum Gasteiger partial charge on any atom is 0.0940 e. The monoisotopic (exact) mass is 240 g/mol. The second-order valence-electron chi connectivity index (χ2n) is 6.16. The molecule has 1 saturated heterocycles. The van der Waals surface area contributed by atoms with Gasteiger partial charge in [0.05, 0.1) is 29.8 Å². The predicted molar refractivity (Wildman–Crippen MR) is 66.5 cm³/mol. The van der Waals surface area contributed by atoms with Crippen LogP contribution in [0.4, 0.5) is 0 Å². The molecule has 0 aromatic rings. The van der Waals surface area contributed by atoms with E-state index in [-0.39, 0.29) is 23.7 Å². The van der Waals surface area contributed by atoms with Gasteiger partial charge in [-0.05, 0) is 40.7 Å². The summed E-state index contributed by atoms with van der Waals surface area (Å²) in [6, 6.07) is 2.32. The Morgan fingerprint density at radius 1 is 1.53 bits per heavy atom. The number of nitriles is 1. The van der Waals surface area contributed by atoms with Crippen LogP contribution in [0.2, 0.25) is 0 Å². The molecule has 0 bridgehead atoms. The highest BCUT2D eigenvalue weighted by molar-refractivity contribution is 4.93. The summed E-state index contributed by atoms with van der Waals surface area (Å²) in [6.07, 6.45) is 0.738. The van der Waals surface area contributed by atoms with Crippen LogP contribution in [0, 0.1) is 16.7 Å². The van der Waals surface area contributed by atoms with E-state index in [9.17, 15) is 5.11 Å². The van der Waals surface area contributed by atoms with Crippen molar-refractivity contribution in [3.63, 3.8) is 0 Å². The third-order valence-electron chi connectivity index (χ3n) is 3.11. The molecule has 0 aliphatic carbocycles. The molecule has 0 spiro atoms. The van der Waals surface area contributed by atoms with Crippen LogP contribution >= 0.6 is 0 Å². The van der Waals surface area contributed by atoms with Crippen LogP contribution in [0.5, 0.6) is 0 Å². The molecule has 0 aromatic carbocycles. The topological polar surface area (TPSA) is 56.5 Å². The van der Waals surface area contributed by atoms with Crippen molar-refractivity contribution in [2.45, 2.75) is 45.8 Å². The molecule has 1 aliphatic rings. The molecule has 1 heterocycles. The molecule has 1 atom stereocenters. The number of rotatable bonds is 4. The minimum absolute atomic E-state index is 0.0571. The van der Waals surface area contributed by atoms with Gasteiger partial charge in [0.1, 0.15) is 0 Å². The number of aliphatic hydroxyl groups is 1. The van der Waals surface area contributed by atoms with Gasteiger partial charge in [-0.25, -0.2) is 0 Å². The zero-order valence-electron chi connectivity index (χ0n) is 11.4. The maximum absolute atomic E-state index is 9.21. The van der Waals surface area contributed by atoms with E-state index in [4.69, 9.17) is 10.00 Å². The Hall–Kier alpha value is -0.630. The lowest BCUT2D eigenvalue weighted by Gasteiger charge is -2.42. The van der Waals surface area contributed by atoms with Crippen LogP contribution in [0.3, 0.4) is 0 Å². The molecule has 4 heteroatoms. The fraction of sp³-hybridized carbons (Fsp3) is 0.923. The van der Waals surface area contributed by atoms with Crippen LogP contribution in [0.25, 0.3) is 0 Å². The van der Waals surface area contributed by atoms with E-state index in [1.807, 2.05) is 27.7 Å². The second kappa shape index (κ2) is 5.34. The van der Waals surface area contributed by atoms with Gasteiger partial charge in [0.15, 0.2) is 0 Å². The molecule has 0 aromatic heterocycles. The first-order chi connectivity index (χ1) is 7.78. The number of hydrogen-bond acceptors (Lipinski definition) is 4. The Morgan fingerprint density at radius 3 is 2.71 bits per heavy atom. The van der Waals surface area contributed by atoms with Gasteiger partial charge in [-0.15, -0.1) is 0 Å². The van der Waals surface area contributed by atoms with Crippen molar-refractivity contribution in [1.82, 2.24) is 4.90 Å². The van der Waals surface area contributed by atoms with Crippen molar-refractivity contribution in [2.75, 3.05) is 26.2 Å². The lowest BCUT2D eigenvalue weighted by molar-refractivity contribution is -0.149. The third-order valence-corrected chi connectivity index (χ3v) is 3.11. The lowest BCUT2D eigenvalue weighted by atomic mass is 9.91. The molecule has 1 N–H and O–H groups in total. The summed E-state index contributed by atoms with van der Waals surface area (Å²) in [4.78, 5) is 2.28. The van der Waals surface area contributed by atoms with E-state index >= 15 is 0 Å². The summed E-state index contributed by atoms with van der Waals surface area (Å²) in [6.45, 7) is 10.5. The minimum atomic E-state index is -0.281. The van der Waals surface area contributed by atoms with Gasteiger partial charge in [-0.2, -0.15) is 5.26 Å². The van der Waals surface area contributed by atoms with Crippen LogP contribution < -0.4 is 0 Å². The smallest absolute Gasteiger partial charge is 0.0940 e. The highest BCUT2D eigenvalue weighted by Gasteiger charge is 2.33. The summed E-state index contributed by atoms with van der Waals surface area (Å²) >= 11 is 0. The van der Waals surface area contributed by atoms with E-state index in [2.05, 4.69) is 11.0 Å². The maximum atomic E-state index is 9.21. The summed E-state index contributed by atoms with van der Waals surface area (Å²) in [5, 5.41) is 18.2. The number of hydrogen-bond donors (Lipinski definition) is 1. The molecule has 4 nitrogen and oxygen atoms in total. The van der Waals surface area contributed by atoms with Crippen molar-refractivity contribution in [3.05, 3.63) is 0 Å². The average Bonchev–Trinajstić information content (AvgIpc) is 2.24. The summed E-state index contributed by atoms with van der Waals surface area (Å²) in [7, 11) is 0. The van der Waals surface area contributed by atoms with Crippen LogP contribution in [-0.4, -0.2) is 48.0 Å². The predicted octanol–water partition coefficient (Wildman–Crippen LogP) is 1.40. The molecule has 98 valence electrons. The average molecular weight is 240 g/mol. The minimum Gasteiger partial charge on any atom is -0.394 e. The van der Waals surface area contributed by atoms with Gasteiger partial charge in [0, 0.05) is 13.1 Å². The molecule has 1 rings (SSSR count). The normalized spacial score (nSPS) is 25.5. The first-order valence-electron chi connectivity index (χ1n) is 6.20. The van der Waals surface area contributed by atoms with Crippen molar-refractivity contribution >= 4 is 0 Å². The van der Waals surface area contributed by atoms with Gasteiger partial charge in [-0.1, -0.05) is 0 Å². The van der Waals surface area contributed by atoms with Gasteiger partial charge >= 0.3 is 0 Å². The molecule has 17 heavy (non-hydrogen) atoms. The van der Waals surface area contributed by atoms with Crippen LogP contribution in [0.1, 0.15) is 34.1 Å². The number of nitrogens with zero attached hydrogens (tertiary/aromatic N) is 2.